The van der Waals surface area contributed by atoms with E-state index in [0.717, 1.165) is 29.1 Å². The van der Waals surface area contributed by atoms with E-state index in [4.69, 9.17) is 22.1 Å². The van der Waals surface area contributed by atoms with Crippen molar-refractivity contribution in [3.63, 3.8) is 0 Å². The number of hydrogen-bond acceptors (Lipinski definition) is 3. The molecule has 0 amide bonds. The molecule has 0 saturated heterocycles. The summed E-state index contributed by atoms with van der Waals surface area (Å²) < 4.78 is 7.65. The van der Waals surface area contributed by atoms with Crippen LogP contribution in [0.4, 0.5) is 0 Å². The van der Waals surface area contributed by atoms with Crippen molar-refractivity contribution >= 4 is 11.6 Å². The molecule has 0 aliphatic carbocycles. The molecular formula is C15H20ClN3O. The molecule has 0 aliphatic heterocycles. The van der Waals surface area contributed by atoms with Gasteiger partial charge in [0.05, 0.1) is 16.4 Å². The molecule has 0 radical (unpaired) electrons. The lowest BCUT2D eigenvalue weighted by molar-refractivity contribution is 0.290. The number of nitrogens with two attached hydrogens (primary N) is 1. The van der Waals surface area contributed by atoms with Crippen LogP contribution in [0.5, 0.6) is 5.75 Å². The van der Waals surface area contributed by atoms with Gasteiger partial charge in [-0.3, -0.25) is 4.68 Å². The third kappa shape index (κ3) is 2.97. The summed E-state index contributed by atoms with van der Waals surface area (Å²) in [7, 11) is 1.88. The molecule has 0 spiro atoms. The molecular weight excluding hydrogens is 274 g/mol. The molecule has 5 heteroatoms. The summed E-state index contributed by atoms with van der Waals surface area (Å²) >= 11 is 6.31. The van der Waals surface area contributed by atoms with Crippen molar-refractivity contribution in [1.29, 1.82) is 0 Å². The maximum absolute atomic E-state index is 6.31. The molecule has 1 heterocycles. The molecule has 1 atom stereocenters. The van der Waals surface area contributed by atoms with Crippen LogP contribution in [0.1, 0.15) is 36.8 Å². The highest BCUT2D eigenvalue weighted by Crippen LogP contribution is 2.26. The van der Waals surface area contributed by atoms with E-state index < -0.39 is 0 Å². The quantitative estimate of drug-likeness (QED) is 0.921. The van der Waals surface area contributed by atoms with E-state index in [1.807, 2.05) is 45.2 Å². The van der Waals surface area contributed by atoms with Crippen molar-refractivity contribution in [3.8, 4) is 5.75 Å². The lowest BCUT2D eigenvalue weighted by atomic mass is 10.1. The molecule has 4 nitrogen and oxygen atoms in total. The van der Waals surface area contributed by atoms with E-state index in [9.17, 15) is 0 Å². The van der Waals surface area contributed by atoms with Gasteiger partial charge < -0.3 is 10.5 Å². The number of halogens is 1. The van der Waals surface area contributed by atoms with Gasteiger partial charge in [0.15, 0.2) is 0 Å². The molecule has 1 aromatic heterocycles. The van der Waals surface area contributed by atoms with Gasteiger partial charge in [-0.2, -0.15) is 5.10 Å². The lowest BCUT2D eigenvalue weighted by Crippen LogP contribution is -2.09. The maximum atomic E-state index is 6.31. The average molecular weight is 294 g/mol. The van der Waals surface area contributed by atoms with Crippen molar-refractivity contribution in [3.05, 3.63) is 46.2 Å². The SMILES string of the molecule is CCc1nn(C)c(COc2ccccc2[C@H](C)N)c1Cl. The van der Waals surface area contributed by atoms with Crippen LogP contribution in [0.2, 0.25) is 5.02 Å². The number of nitrogens with zero attached hydrogens (tertiary/aromatic N) is 2. The zero-order chi connectivity index (χ0) is 14.7. The summed E-state index contributed by atoms with van der Waals surface area (Å²) in [6, 6.07) is 7.72. The Morgan fingerprint density at radius 1 is 1.40 bits per heavy atom. The van der Waals surface area contributed by atoms with Crippen LogP contribution in [0.25, 0.3) is 0 Å². The summed E-state index contributed by atoms with van der Waals surface area (Å²) in [5.74, 6) is 0.790. The second kappa shape index (κ2) is 6.29. The topological polar surface area (TPSA) is 53.1 Å². The van der Waals surface area contributed by atoms with E-state index in [1.165, 1.54) is 0 Å². The van der Waals surface area contributed by atoms with E-state index in [1.54, 1.807) is 4.68 Å². The third-order valence-electron chi connectivity index (χ3n) is 3.28. The van der Waals surface area contributed by atoms with Crippen molar-refractivity contribution < 1.29 is 4.74 Å². The first-order valence-electron chi connectivity index (χ1n) is 6.72. The second-order valence-corrected chi connectivity index (χ2v) is 5.18. The Balaban J connectivity index is 2.19. The highest BCUT2D eigenvalue weighted by Gasteiger charge is 2.14. The van der Waals surface area contributed by atoms with Crippen molar-refractivity contribution in [2.45, 2.75) is 32.9 Å². The van der Waals surface area contributed by atoms with E-state index in [0.29, 0.717) is 11.6 Å². The van der Waals surface area contributed by atoms with E-state index in [-0.39, 0.29) is 6.04 Å². The van der Waals surface area contributed by atoms with Crippen molar-refractivity contribution in [2.24, 2.45) is 12.8 Å². The summed E-state index contributed by atoms with van der Waals surface area (Å²) in [5, 5.41) is 5.07. The van der Waals surface area contributed by atoms with Gasteiger partial charge in [0.25, 0.3) is 0 Å². The van der Waals surface area contributed by atoms with Crippen molar-refractivity contribution in [1.82, 2.24) is 9.78 Å². The number of para-hydroxylation sites is 1. The minimum absolute atomic E-state index is 0.0700. The molecule has 108 valence electrons. The zero-order valence-corrected chi connectivity index (χ0v) is 12.8. The fourth-order valence-electron chi connectivity index (χ4n) is 2.11. The fourth-order valence-corrected chi connectivity index (χ4v) is 2.46. The van der Waals surface area contributed by atoms with Gasteiger partial charge in [0.2, 0.25) is 0 Å². The minimum atomic E-state index is -0.0700. The predicted molar refractivity (Wildman–Crippen MR) is 81.0 cm³/mol. The Morgan fingerprint density at radius 3 is 2.70 bits per heavy atom. The van der Waals surface area contributed by atoms with Gasteiger partial charge in [-0.05, 0) is 19.4 Å². The average Bonchev–Trinajstić information content (AvgIpc) is 2.71. The first kappa shape index (κ1) is 14.9. The first-order valence-corrected chi connectivity index (χ1v) is 7.10. The largest absolute Gasteiger partial charge is 0.487 e. The van der Waals surface area contributed by atoms with Crippen LogP contribution in [-0.4, -0.2) is 9.78 Å². The molecule has 1 aromatic carbocycles. The summed E-state index contributed by atoms with van der Waals surface area (Å²) in [6.45, 7) is 4.35. The predicted octanol–water partition coefficient (Wildman–Crippen LogP) is 3.23. The molecule has 0 unspecified atom stereocenters. The smallest absolute Gasteiger partial charge is 0.131 e. The van der Waals surface area contributed by atoms with Gasteiger partial charge in [0.1, 0.15) is 12.4 Å². The van der Waals surface area contributed by atoms with Gasteiger partial charge in [-0.1, -0.05) is 36.7 Å². The van der Waals surface area contributed by atoms with Gasteiger partial charge in [-0.15, -0.1) is 0 Å². The van der Waals surface area contributed by atoms with Crippen LogP contribution >= 0.6 is 11.6 Å². The molecule has 20 heavy (non-hydrogen) atoms. The number of aryl methyl sites for hydroxylation is 2. The highest BCUT2D eigenvalue weighted by molar-refractivity contribution is 6.31. The first-order chi connectivity index (χ1) is 9.54. The van der Waals surface area contributed by atoms with Gasteiger partial charge in [-0.25, -0.2) is 0 Å². The van der Waals surface area contributed by atoms with Crippen LogP contribution in [0, 0.1) is 0 Å². The molecule has 2 aromatic rings. The highest BCUT2D eigenvalue weighted by atomic mass is 35.5. The molecule has 2 N–H and O–H groups in total. The number of ether oxygens (including phenoxy) is 1. The van der Waals surface area contributed by atoms with Crippen LogP contribution < -0.4 is 10.5 Å². The van der Waals surface area contributed by atoms with Crippen LogP contribution in [0.3, 0.4) is 0 Å². The Hall–Kier alpha value is -1.52. The Morgan fingerprint density at radius 2 is 2.10 bits per heavy atom. The molecule has 2 rings (SSSR count). The molecule has 0 bridgehead atoms. The Kier molecular flexibility index (Phi) is 4.68. The number of rotatable bonds is 5. The van der Waals surface area contributed by atoms with Crippen molar-refractivity contribution in [2.75, 3.05) is 0 Å². The maximum Gasteiger partial charge on any atom is 0.131 e. The normalized spacial score (nSPS) is 12.4. The molecule has 0 aliphatic rings. The summed E-state index contributed by atoms with van der Waals surface area (Å²) in [5.41, 5.74) is 8.71. The molecule has 0 fully saturated rings. The minimum Gasteiger partial charge on any atom is -0.487 e. The fraction of sp³-hybridized carbons (Fsp3) is 0.400. The monoisotopic (exact) mass is 293 g/mol. The van der Waals surface area contributed by atoms with Crippen LogP contribution in [0.15, 0.2) is 24.3 Å². The summed E-state index contributed by atoms with van der Waals surface area (Å²) in [4.78, 5) is 0. The zero-order valence-electron chi connectivity index (χ0n) is 12.1. The number of aromatic nitrogens is 2. The van der Waals surface area contributed by atoms with Crippen LogP contribution in [-0.2, 0) is 20.1 Å². The number of benzene rings is 1. The second-order valence-electron chi connectivity index (χ2n) is 4.80. The third-order valence-corrected chi connectivity index (χ3v) is 3.71. The van der Waals surface area contributed by atoms with E-state index in [2.05, 4.69) is 5.10 Å². The lowest BCUT2D eigenvalue weighted by Gasteiger charge is -2.14. The van der Waals surface area contributed by atoms with Gasteiger partial charge in [0, 0.05) is 18.7 Å². The summed E-state index contributed by atoms with van der Waals surface area (Å²) in [6.07, 6.45) is 0.809. The Bertz CT molecular complexity index is 593. The standard InChI is InChI=1S/C15H20ClN3O/c1-4-12-15(16)13(19(3)18-12)9-20-14-8-6-5-7-11(14)10(2)17/h5-8,10H,4,9,17H2,1-3H3/t10-/m0/s1. The van der Waals surface area contributed by atoms with E-state index >= 15 is 0 Å². The molecule has 0 saturated carbocycles. The Labute approximate surface area is 124 Å². The van der Waals surface area contributed by atoms with Gasteiger partial charge >= 0.3 is 0 Å². The number of hydrogen-bond donors (Lipinski definition) is 1.